The molecule has 0 radical (unpaired) electrons. The molecule has 2 atom stereocenters. The Morgan fingerprint density at radius 1 is 1.05 bits per heavy atom. The summed E-state index contributed by atoms with van der Waals surface area (Å²) in [5.41, 5.74) is 3.72. The van der Waals surface area contributed by atoms with Gasteiger partial charge in [0, 0.05) is 34.0 Å². The van der Waals surface area contributed by atoms with Crippen molar-refractivity contribution in [1.82, 2.24) is 0 Å². The largest absolute Gasteiger partial charge is 0.496 e. The zero-order valence-corrected chi connectivity index (χ0v) is 21.2. The zero-order chi connectivity index (χ0) is 25.4. The van der Waals surface area contributed by atoms with Crippen LogP contribution in [-0.2, 0) is 16.0 Å². The Labute approximate surface area is 219 Å². The molecule has 0 unspecified atom stereocenters. The molecular weight excluding hydrogens is 484 g/mol. The Bertz CT molecular complexity index is 1470. The van der Waals surface area contributed by atoms with Crippen LogP contribution in [0.3, 0.4) is 0 Å². The van der Waals surface area contributed by atoms with Crippen LogP contribution in [0.4, 0.5) is 11.4 Å². The van der Waals surface area contributed by atoms with Gasteiger partial charge in [-0.2, -0.15) is 0 Å². The van der Waals surface area contributed by atoms with Crippen LogP contribution in [0.15, 0.2) is 100 Å². The number of Topliss-reactive ketones (excluding diaryl/α,β-unsaturated/α-hetero) is 1. The zero-order valence-electron chi connectivity index (χ0n) is 20.3. The summed E-state index contributed by atoms with van der Waals surface area (Å²) < 4.78 is 11.4. The van der Waals surface area contributed by atoms with Crippen LogP contribution in [0.1, 0.15) is 41.0 Å². The number of anilines is 2. The summed E-state index contributed by atoms with van der Waals surface area (Å²) in [5, 5.41) is 5.52. The number of para-hydroxylation sites is 3. The van der Waals surface area contributed by atoms with Crippen molar-refractivity contribution in [2.75, 3.05) is 17.3 Å². The average Bonchev–Trinajstić information content (AvgIpc) is 3.61. The molecule has 0 spiro atoms. The SMILES string of the molecule is COc1ccccc1[C@H]1C2=C(C[C@H](c3ccco3)CC2=O)Nc2ccccc2N1C(=O)Cc1cccs1. The average molecular weight is 511 g/mol. The van der Waals surface area contributed by atoms with Gasteiger partial charge in [-0.05, 0) is 48.2 Å². The summed E-state index contributed by atoms with van der Waals surface area (Å²) in [5.74, 6) is 1.26. The Morgan fingerprint density at radius 3 is 2.68 bits per heavy atom. The number of thiophene rings is 1. The number of hydrogen-bond donors (Lipinski definition) is 1. The van der Waals surface area contributed by atoms with Gasteiger partial charge in [0.05, 0.1) is 37.2 Å². The minimum Gasteiger partial charge on any atom is -0.496 e. The standard InChI is InChI=1S/C30H26N2O4S/c1-35-27-12-5-2-9-21(27)30-29-23(16-19(17-25(29)33)26-13-6-14-36-26)31-22-10-3-4-11-24(22)32(30)28(34)18-20-8-7-15-37-20/h2-15,19,30-31H,16-18H2,1H3/t19-,30-/m0/s1. The van der Waals surface area contributed by atoms with Crippen molar-refractivity contribution in [2.45, 2.75) is 31.2 Å². The van der Waals surface area contributed by atoms with Gasteiger partial charge in [-0.1, -0.05) is 36.4 Å². The molecule has 3 heterocycles. The predicted octanol–water partition coefficient (Wildman–Crippen LogP) is 6.49. The van der Waals surface area contributed by atoms with Gasteiger partial charge >= 0.3 is 0 Å². The minimum absolute atomic E-state index is 0.00668. The van der Waals surface area contributed by atoms with E-state index in [0.29, 0.717) is 24.2 Å². The number of ketones is 1. The lowest BCUT2D eigenvalue weighted by Crippen LogP contribution is -2.39. The molecule has 2 aromatic heterocycles. The maximum absolute atomic E-state index is 14.1. The monoisotopic (exact) mass is 510 g/mol. The first-order valence-electron chi connectivity index (χ1n) is 12.3. The number of benzene rings is 2. The van der Waals surface area contributed by atoms with E-state index in [1.165, 1.54) is 0 Å². The maximum atomic E-state index is 14.1. The maximum Gasteiger partial charge on any atom is 0.233 e. The van der Waals surface area contributed by atoms with E-state index >= 15 is 0 Å². The van der Waals surface area contributed by atoms with Crippen molar-refractivity contribution in [3.8, 4) is 5.75 Å². The fourth-order valence-electron chi connectivity index (χ4n) is 5.42. The lowest BCUT2D eigenvalue weighted by molar-refractivity contribution is -0.118. The van der Waals surface area contributed by atoms with Crippen LogP contribution in [0, 0.1) is 0 Å². The molecule has 2 aliphatic rings. The van der Waals surface area contributed by atoms with Crippen LogP contribution in [-0.4, -0.2) is 18.8 Å². The number of carbonyl (C=O) groups is 2. The van der Waals surface area contributed by atoms with Gasteiger partial charge in [0.15, 0.2) is 5.78 Å². The number of rotatable bonds is 5. The summed E-state index contributed by atoms with van der Waals surface area (Å²) in [4.78, 5) is 30.9. The smallest absolute Gasteiger partial charge is 0.233 e. The van der Waals surface area contributed by atoms with Crippen LogP contribution in [0.5, 0.6) is 5.75 Å². The Kier molecular flexibility index (Phi) is 6.14. The molecule has 7 heteroatoms. The Balaban J connectivity index is 1.56. The molecule has 186 valence electrons. The molecule has 0 saturated carbocycles. The Morgan fingerprint density at radius 2 is 1.89 bits per heavy atom. The number of allylic oxidation sites excluding steroid dienone is 1. The number of methoxy groups -OCH3 is 1. The molecule has 0 bridgehead atoms. The van der Waals surface area contributed by atoms with Crippen LogP contribution in [0.2, 0.25) is 0 Å². The van der Waals surface area contributed by atoms with Gasteiger partial charge in [-0.3, -0.25) is 14.5 Å². The number of furan rings is 1. The van der Waals surface area contributed by atoms with Crippen LogP contribution in [0.25, 0.3) is 0 Å². The summed E-state index contributed by atoms with van der Waals surface area (Å²) in [7, 11) is 1.62. The molecule has 1 amide bonds. The second-order valence-corrected chi connectivity index (χ2v) is 10.3. The number of nitrogens with one attached hydrogen (secondary N) is 1. The van der Waals surface area contributed by atoms with Gasteiger partial charge in [0.25, 0.3) is 0 Å². The molecule has 6 nitrogen and oxygen atoms in total. The van der Waals surface area contributed by atoms with Gasteiger partial charge in [-0.15, -0.1) is 11.3 Å². The van der Waals surface area contributed by atoms with E-state index in [0.717, 1.165) is 33.3 Å². The molecule has 1 aliphatic carbocycles. The molecule has 2 aromatic carbocycles. The van der Waals surface area contributed by atoms with E-state index in [9.17, 15) is 9.59 Å². The second kappa shape index (κ2) is 9.75. The third-order valence-electron chi connectivity index (χ3n) is 7.04. The third kappa shape index (κ3) is 4.25. The van der Waals surface area contributed by atoms with Crippen molar-refractivity contribution < 1.29 is 18.7 Å². The molecule has 0 fully saturated rings. The summed E-state index contributed by atoms with van der Waals surface area (Å²) in [6.45, 7) is 0. The highest BCUT2D eigenvalue weighted by molar-refractivity contribution is 7.10. The van der Waals surface area contributed by atoms with Gasteiger partial charge in [0.2, 0.25) is 5.91 Å². The van der Waals surface area contributed by atoms with Crippen LogP contribution >= 0.6 is 11.3 Å². The van der Waals surface area contributed by atoms with E-state index in [-0.39, 0.29) is 24.0 Å². The van der Waals surface area contributed by atoms with E-state index < -0.39 is 6.04 Å². The minimum atomic E-state index is -0.639. The normalized spacial score (nSPS) is 19.1. The first-order chi connectivity index (χ1) is 18.1. The van der Waals surface area contributed by atoms with Crippen molar-refractivity contribution in [2.24, 2.45) is 0 Å². The molecule has 6 rings (SSSR count). The Hall–Kier alpha value is -4.10. The molecule has 0 saturated heterocycles. The third-order valence-corrected chi connectivity index (χ3v) is 7.92. The number of ether oxygens (including phenoxy) is 1. The number of fused-ring (bicyclic) bond motifs is 1. The fourth-order valence-corrected chi connectivity index (χ4v) is 6.12. The number of carbonyl (C=O) groups excluding carboxylic acids is 2. The van der Waals surface area contributed by atoms with Crippen molar-refractivity contribution in [3.63, 3.8) is 0 Å². The number of nitrogens with zero attached hydrogens (tertiary/aromatic N) is 1. The molecule has 37 heavy (non-hydrogen) atoms. The summed E-state index contributed by atoms with van der Waals surface area (Å²) in [6, 6.07) is 22.4. The predicted molar refractivity (Wildman–Crippen MR) is 144 cm³/mol. The molecule has 1 aliphatic heterocycles. The number of hydrogen-bond acceptors (Lipinski definition) is 6. The van der Waals surface area contributed by atoms with Crippen LogP contribution < -0.4 is 15.0 Å². The highest BCUT2D eigenvalue weighted by atomic mass is 32.1. The summed E-state index contributed by atoms with van der Waals surface area (Å²) >= 11 is 1.55. The van der Waals surface area contributed by atoms with Crippen molar-refractivity contribution in [3.05, 3.63) is 112 Å². The van der Waals surface area contributed by atoms with Gasteiger partial charge in [0.1, 0.15) is 11.5 Å². The van der Waals surface area contributed by atoms with Gasteiger partial charge in [-0.25, -0.2) is 0 Å². The lowest BCUT2D eigenvalue weighted by atomic mass is 9.79. The highest BCUT2D eigenvalue weighted by Crippen LogP contribution is 2.49. The summed E-state index contributed by atoms with van der Waals surface area (Å²) in [6.07, 6.45) is 2.79. The van der Waals surface area contributed by atoms with E-state index in [1.54, 1.807) is 29.6 Å². The van der Waals surface area contributed by atoms with Crippen molar-refractivity contribution >= 4 is 34.4 Å². The van der Waals surface area contributed by atoms with E-state index in [1.807, 2.05) is 78.2 Å². The number of amides is 1. The van der Waals surface area contributed by atoms with E-state index in [2.05, 4.69) is 5.32 Å². The highest BCUT2D eigenvalue weighted by Gasteiger charge is 2.43. The second-order valence-electron chi connectivity index (χ2n) is 9.24. The first-order valence-corrected chi connectivity index (χ1v) is 13.1. The van der Waals surface area contributed by atoms with Gasteiger partial charge < -0.3 is 14.5 Å². The first kappa shape index (κ1) is 23.3. The topological polar surface area (TPSA) is 71.8 Å². The molecule has 1 N–H and O–H groups in total. The van der Waals surface area contributed by atoms with Crippen molar-refractivity contribution in [1.29, 1.82) is 0 Å². The molecular formula is C30H26N2O4S. The lowest BCUT2D eigenvalue weighted by Gasteiger charge is -2.35. The quantitative estimate of drug-likeness (QED) is 0.332. The fraction of sp³-hybridized carbons (Fsp3) is 0.200. The molecule has 4 aromatic rings. The van der Waals surface area contributed by atoms with E-state index in [4.69, 9.17) is 9.15 Å².